The van der Waals surface area contributed by atoms with Crippen molar-refractivity contribution in [1.29, 1.82) is 0 Å². The highest BCUT2D eigenvalue weighted by atomic mass is 16.7. The molecular formula is C30H48O5. The molecule has 1 aliphatic heterocycles. The summed E-state index contributed by atoms with van der Waals surface area (Å²) in [6, 6.07) is 0. The largest absolute Gasteiger partial charge is 0.469 e. The topological polar surface area (TPSA) is 61.8 Å². The number of rotatable bonds is 6. The van der Waals surface area contributed by atoms with Crippen LogP contribution in [0.15, 0.2) is 0 Å². The lowest BCUT2D eigenvalue weighted by Gasteiger charge is -2.60. The van der Waals surface area contributed by atoms with Crippen LogP contribution >= 0.6 is 0 Å². The van der Waals surface area contributed by atoms with Gasteiger partial charge < -0.3 is 14.2 Å². The van der Waals surface area contributed by atoms with Gasteiger partial charge in [-0.15, -0.1) is 0 Å². The van der Waals surface area contributed by atoms with E-state index in [1.807, 2.05) is 0 Å². The molecule has 0 radical (unpaired) electrons. The molecule has 0 aromatic heterocycles. The Bertz CT molecular complexity index is 790. The van der Waals surface area contributed by atoms with Crippen molar-refractivity contribution >= 4 is 11.8 Å². The summed E-state index contributed by atoms with van der Waals surface area (Å²) in [6.07, 6.45) is 13.9. The van der Waals surface area contributed by atoms with Crippen LogP contribution in [-0.2, 0) is 23.8 Å². The van der Waals surface area contributed by atoms with E-state index < -0.39 is 0 Å². The number of ketones is 1. The monoisotopic (exact) mass is 488 g/mol. The van der Waals surface area contributed by atoms with Gasteiger partial charge in [0, 0.05) is 25.4 Å². The molecule has 4 saturated carbocycles. The van der Waals surface area contributed by atoms with Crippen molar-refractivity contribution < 1.29 is 23.8 Å². The van der Waals surface area contributed by atoms with Crippen molar-refractivity contribution in [3.8, 4) is 0 Å². The number of methoxy groups -OCH3 is 1. The fourth-order valence-corrected chi connectivity index (χ4v) is 9.67. The van der Waals surface area contributed by atoms with Gasteiger partial charge in [0.15, 0.2) is 6.29 Å². The van der Waals surface area contributed by atoms with Crippen LogP contribution in [0, 0.1) is 46.3 Å². The summed E-state index contributed by atoms with van der Waals surface area (Å²) < 4.78 is 17.2. The molecule has 0 amide bonds. The Morgan fingerprint density at radius 2 is 1.83 bits per heavy atom. The Morgan fingerprint density at radius 3 is 2.57 bits per heavy atom. The van der Waals surface area contributed by atoms with E-state index in [-0.39, 0.29) is 35.1 Å². The van der Waals surface area contributed by atoms with Crippen molar-refractivity contribution in [2.45, 2.75) is 117 Å². The summed E-state index contributed by atoms with van der Waals surface area (Å²) >= 11 is 0. The van der Waals surface area contributed by atoms with Gasteiger partial charge in [0.25, 0.3) is 0 Å². The lowest BCUT2D eigenvalue weighted by molar-refractivity contribution is -0.211. The second-order valence-corrected chi connectivity index (χ2v) is 13.3. The van der Waals surface area contributed by atoms with Crippen LogP contribution in [-0.4, -0.2) is 37.9 Å². The van der Waals surface area contributed by atoms with Gasteiger partial charge in [-0.1, -0.05) is 20.8 Å². The summed E-state index contributed by atoms with van der Waals surface area (Å²) in [5, 5.41) is 0. The lowest BCUT2D eigenvalue weighted by Crippen LogP contribution is -2.57. The number of hydrogen-bond acceptors (Lipinski definition) is 5. The average Bonchev–Trinajstić information content (AvgIpc) is 3.21. The first kappa shape index (κ1) is 25.7. The Morgan fingerprint density at radius 1 is 1.06 bits per heavy atom. The molecule has 5 nitrogen and oxygen atoms in total. The predicted molar refractivity (Wildman–Crippen MR) is 134 cm³/mol. The summed E-state index contributed by atoms with van der Waals surface area (Å²) in [5.41, 5.74) is 0.496. The van der Waals surface area contributed by atoms with Gasteiger partial charge >= 0.3 is 5.97 Å². The van der Waals surface area contributed by atoms with Crippen LogP contribution in [0.2, 0.25) is 0 Å². The molecule has 35 heavy (non-hydrogen) atoms. The Hall–Kier alpha value is -0.940. The van der Waals surface area contributed by atoms with Crippen molar-refractivity contribution in [1.82, 2.24) is 0 Å². The predicted octanol–water partition coefficient (Wildman–Crippen LogP) is 6.33. The first-order valence-electron chi connectivity index (χ1n) is 14.6. The highest BCUT2D eigenvalue weighted by molar-refractivity contribution is 5.83. The second kappa shape index (κ2) is 10.1. The molecule has 5 aliphatic rings. The Labute approximate surface area is 212 Å². The van der Waals surface area contributed by atoms with Gasteiger partial charge in [0.05, 0.1) is 13.2 Å². The van der Waals surface area contributed by atoms with Crippen LogP contribution in [0.25, 0.3) is 0 Å². The molecule has 0 aromatic carbocycles. The molecular weight excluding hydrogens is 440 g/mol. The van der Waals surface area contributed by atoms with E-state index in [1.165, 1.54) is 45.6 Å². The third kappa shape index (κ3) is 4.62. The summed E-state index contributed by atoms with van der Waals surface area (Å²) in [7, 11) is 1.48. The molecule has 0 bridgehead atoms. The normalized spacial score (nSPS) is 46.3. The number of carbonyl (C=O) groups excluding carboxylic acids is 2. The van der Waals surface area contributed by atoms with Crippen molar-refractivity contribution in [2.24, 2.45) is 46.3 Å². The van der Waals surface area contributed by atoms with Crippen LogP contribution in [0.1, 0.15) is 104 Å². The Kier molecular flexibility index (Phi) is 7.40. The van der Waals surface area contributed by atoms with Crippen LogP contribution in [0.5, 0.6) is 0 Å². The number of carbonyl (C=O) groups is 2. The summed E-state index contributed by atoms with van der Waals surface area (Å²) in [4.78, 5) is 25.6. The maximum absolute atomic E-state index is 13.8. The molecule has 1 saturated heterocycles. The van der Waals surface area contributed by atoms with Crippen molar-refractivity contribution in [3.63, 3.8) is 0 Å². The fourth-order valence-electron chi connectivity index (χ4n) is 9.67. The van der Waals surface area contributed by atoms with E-state index in [0.717, 1.165) is 45.1 Å². The minimum atomic E-state index is -0.101. The first-order valence-corrected chi connectivity index (χ1v) is 14.6. The number of ether oxygens (including phenoxy) is 3. The van der Waals surface area contributed by atoms with Gasteiger partial charge in [-0.05, 0) is 111 Å². The van der Waals surface area contributed by atoms with E-state index in [2.05, 4.69) is 20.8 Å². The van der Waals surface area contributed by atoms with Crippen molar-refractivity contribution in [3.05, 3.63) is 0 Å². The molecule has 5 fully saturated rings. The minimum absolute atomic E-state index is 0.0304. The van der Waals surface area contributed by atoms with E-state index in [1.54, 1.807) is 0 Å². The number of fused-ring (bicyclic) bond motifs is 5. The van der Waals surface area contributed by atoms with Crippen LogP contribution in [0.3, 0.4) is 0 Å². The molecule has 4 aliphatic carbocycles. The van der Waals surface area contributed by atoms with Gasteiger partial charge in [-0.2, -0.15) is 0 Å². The fraction of sp³-hybridized carbons (Fsp3) is 0.933. The molecule has 8 unspecified atom stereocenters. The third-order valence-corrected chi connectivity index (χ3v) is 11.7. The first-order chi connectivity index (χ1) is 16.8. The highest BCUT2D eigenvalue weighted by Gasteiger charge is 2.63. The molecule has 0 aromatic rings. The zero-order chi connectivity index (χ0) is 24.8. The van der Waals surface area contributed by atoms with Gasteiger partial charge in [0.2, 0.25) is 0 Å². The number of esters is 1. The number of hydrogen-bond donors (Lipinski definition) is 0. The molecule has 198 valence electrons. The number of Topliss-reactive ketones (excluding diaryl/α,β-unsaturated/α-hetero) is 1. The SMILES string of the molecule is COC(=O)CCC(C)C1CCC2C3C(=O)CC4CC(OC5CCCCO5)CC[C@]4(C)C3CC[C@]12C. The smallest absolute Gasteiger partial charge is 0.305 e. The maximum Gasteiger partial charge on any atom is 0.305 e. The molecule has 5 rings (SSSR count). The quantitative estimate of drug-likeness (QED) is 0.323. The van der Waals surface area contributed by atoms with Crippen LogP contribution in [0.4, 0.5) is 0 Å². The van der Waals surface area contributed by atoms with E-state index in [9.17, 15) is 9.59 Å². The van der Waals surface area contributed by atoms with E-state index >= 15 is 0 Å². The Balaban J connectivity index is 1.27. The van der Waals surface area contributed by atoms with Gasteiger partial charge in [0.1, 0.15) is 5.78 Å². The van der Waals surface area contributed by atoms with Gasteiger partial charge in [-0.3, -0.25) is 9.59 Å². The average molecular weight is 489 g/mol. The zero-order valence-electron chi connectivity index (χ0n) is 22.6. The molecule has 10 atom stereocenters. The second-order valence-electron chi connectivity index (χ2n) is 13.3. The third-order valence-electron chi connectivity index (χ3n) is 11.7. The van der Waals surface area contributed by atoms with E-state index in [4.69, 9.17) is 14.2 Å². The maximum atomic E-state index is 13.8. The standard InChI is InChI=1S/C30H48O5/c1-19(8-11-26(32)33-4)22-9-10-23-28-24(13-15-30(22,23)3)29(2)14-12-21(17-20(29)18-25(28)31)35-27-7-5-6-16-34-27/h19-24,27-28H,5-18H2,1-4H3/t19?,20?,21?,22?,23?,24?,27?,28?,29-,30+/m0/s1. The lowest BCUT2D eigenvalue weighted by atomic mass is 9.44. The molecule has 5 heteroatoms. The molecule has 0 N–H and O–H groups in total. The minimum Gasteiger partial charge on any atom is -0.469 e. The van der Waals surface area contributed by atoms with Crippen molar-refractivity contribution in [2.75, 3.05) is 13.7 Å². The van der Waals surface area contributed by atoms with Crippen LogP contribution < -0.4 is 0 Å². The van der Waals surface area contributed by atoms with Gasteiger partial charge in [-0.25, -0.2) is 0 Å². The molecule has 0 spiro atoms. The zero-order valence-corrected chi connectivity index (χ0v) is 22.6. The summed E-state index contributed by atoms with van der Waals surface area (Å²) in [6.45, 7) is 8.15. The summed E-state index contributed by atoms with van der Waals surface area (Å²) in [5.74, 6) is 3.30. The van der Waals surface area contributed by atoms with E-state index in [0.29, 0.717) is 41.8 Å². The highest BCUT2D eigenvalue weighted by Crippen LogP contribution is 2.67. The molecule has 1 heterocycles.